The fraction of sp³-hybridized carbons (Fsp3) is 0. The predicted octanol–water partition coefficient (Wildman–Crippen LogP) is 14.6. The lowest BCUT2D eigenvalue weighted by Crippen LogP contribution is -1.97. The third kappa shape index (κ3) is 5.32. The van der Waals surface area contributed by atoms with Gasteiger partial charge in [0.05, 0.1) is 11.4 Å². The maximum Gasteiger partial charge on any atom is 0.160 e. The highest BCUT2D eigenvalue weighted by molar-refractivity contribution is 7.26. The number of thiophene rings is 1. The van der Waals surface area contributed by atoms with Gasteiger partial charge in [-0.05, 0) is 72.8 Å². The van der Waals surface area contributed by atoms with Crippen molar-refractivity contribution in [1.82, 2.24) is 9.97 Å². The Balaban J connectivity index is 1.14. The van der Waals surface area contributed by atoms with Crippen molar-refractivity contribution in [3.05, 3.63) is 194 Å². The Morgan fingerprint density at radius 3 is 1.51 bits per heavy atom. The van der Waals surface area contributed by atoms with E-state index in [-0.39, 0.29) is 0 Å². The highest BCUT2D eigenvalue weighted by Gasteiger charge is 2.18. The first-order valence-corrected chi connectivity index (χ1v) is 19.5. The summed E-state index contributed by atoms with van der Waals surface area (Å²) in [4.78, 5) is 10.8. The zero-order valence-electron chi connectivity index (χ0n) is 29.8. The van der Waals surface area contributed by atoms with Crippen LogP contribution in [0, 0.1) is 0 Å². The van der Waals surface area contributed by atoms with Gasteiger partial charge in [0.2, 0.25) is 0 Å². The van der Waals surface area contributed by atoms with E-state index < -0.39 is 0 Å². The maximum atomic E-state index is 5.42. The fourth-order valence-electron chi connectivity index (χ4n) is 8.28. The Morgan fingerprint density at radius 1 is 0.291 bits per heavy atom. The van der Waals surface area contributed by atoms with E-state index in [1.54, 1.807) is 0 Å². The molecule has 2 nitrogen and oxygen atoms in total. The summed E-state index contributed by atoms with van der Waals surface area (Å²) in [5.74, 6) is 0.707. The molecule has 0 bridgehead atoms. The lowest BCUT2D eigenvalue weighted by atomic mass is 9.93. The molecule has 2 heterocycles. The summed E-state index contributed by atoms with van der Waals surface area (Å²) in [5.41, 5.74) is 9.66. The largest absolute Gasteiger partial charge is 0.228 e. The van der Waals surface area contributed by atoms with Crippen LogP contribution in [0.25, 0.3) is 109 Å². The number of rotatable bonds is 5. The maximum absolute atomic E-state index is 5.42. The molecule has 9 aromatic carbocycles. The van der Waals surface area contributed by atoms with E-state index in [0.717, 1.165) is 39.2 Å². The van der Waals surface area contributed by atoms with Crippen molar-refractivity contribution >= 4 is 63.8 Å². The van der Waals surface area contributed by atoms with Gasteiger partial charge in [-0.2, -0.15) is 0 Å². The molecule has 0 N–H and O–H groups in total. The molecule has 0 radical (unpaired) electrons. The van der Waals surface area contributed by atoms with E-state index in [0.29, 0.717) is 5.82 Å². The van der Waals surface area contributed by atoms with Crippen molar-refractivity contribution in [2.45, 2.75) is 0 Å². The van der Waals surface area contributed by atoms with Gasteiger partial charge in [-0.15, -0.1) is 11.3 Å². The van der Waals surface area contributed by atoms with Gasteiger partial charge in [-0.25, -0.2) is 9.97 Å². The number of nitrogens with zero attached hydrogens (tertiary/aromatic N) is 2. The van der Waals surface area contributed by atoms with Gasteiger partial charge in [0, 0.05) is 36.9 Å². The first-order chi connectivity index (χ1) is 27.3. The molecule has 0 saturated heterocycles. The van der Waals surface area contributed by atoms with Crippen molar-refractivity contribution in [1.29, 1.82) is 0 Å². The first-order valence-electron chi connectivity index (χ1n) is 18.7. The van der Waals surface area contributed by atoms with E-state index in [1.165, 1.54) is 63.6 Å². The summed E-state index contributed by atoms with van der Waals surface area (Å²) < 4.78 is 2.51. The Morgan fingerprint density at radius 2 is 0.782 bits per heavy atom. The van der Waals surface area contributed by atoms with Crippen LogP contribution in [-0.4, -0.2) is 9.97 Å². The Labute approximate surface area is 322 Å². The molecule has 0 aliphatic rings. The molecule has 0 aliphatic carbocycles. The van der Waals surface area contributed by atoms with Gasteiger partial charge >= 0.3 is 0 Å². The second kappa shape index (κ2) is 12.9. The van der Waals surface area contributed by atoms with Crippen molar-refractivity contribution < 1.29 is 0 Å². The Kier molecular flexibility index (Phi) is 7.39. The zero-order chi connectivity index (χ0) is 36.3. The van der Waals surface area contributed by atoms with E-state index in [1.807, 2.05) is 11.3 Å². The number of hydrogen-bond donors (Lipinski definition) is 0. The van der Waals surface area contributed by atoms with Crippen LogP contribution < -0.4 is 0 Å². The number of aromatic nitrogens is 2. The third-order valence-corrected chi connectivity index (χ3v) is 12.1. The van der Waals surface area contributed by atoms with Crippen LogP contribution in [0.3, 0.4) is 0 Å². The SMILES string of the molecule is c1ccc(-c2ccc(-c3ccccc3-c3cc(-c4cccc5c4sc4ccccc45)nc(-c4ccc5c6ccccc6c6ccccc6c5c4)n3)cc2)cc1. The molecule has 256 valence electrons. The summed E-state index contributed by atoms with van der Waals surface area (Å²) >= 11 is 1.83. The van der Waals surface area contributed by atoms with Crippen LogP contribution >= 0.6 is 11.3 Å². The molecule has 55 heavy (non-hydrogen) atoms. The van der Waals surface area contributed by atoms with Gasteiger partial charge in [0.25, 0.3) is 0 Å². The molecule has 0 saturated carbocycles. The minimum atomic E-state index is 0.707. The van der Waals surface area contributed by atoms with Crippen molar-refractivity contribution in [3.8, 4) is 56.2 Å². The van der Waals surface area contributed by atoms with Crippen molar-refractivity contribution in [3.63, 3.8) is 0 Å². The number of fused-ring (bicyclic) bond motifs is 9. The average molecular weight is 717 g/mol. The zero-order valence-corrected chi connectivity index (χ0v) is 30.6. The van der Waals surface area contributed by atoms with E-state index >= 15 is 0 Å². The van der Waals surface area contributed by atoms with Crippen LogP contribution in [0.1, 0.15) is 0 Å². The van der Waals surface area contributed by atoms with Crippen LogP contribution in [0.2, 0.25) is 0 Å². The predicted molar refractivity (Wildman–Crippen MR) is 235 cm³/mol. The number of benzene rings is 9. The summed E-state index contributed by atoms with van der Waals surface area (Å²) in [6.45, 7) is 0. The minimum absolute atomic E-state index is 0.707. The van der Waals surface area contributed by atoms with Crippen LogP contribution in [-0.2, 0) is 0 Å². The quantitative estimate of drug-likeness (QED) is 0.166. The highest BCUT2D eigenvalue weighted by atomic mass is 32.1. The van der Waals surface area contributed by atoms with Gasteiger partial charge in [-0.3, -0.25) is 0 Å². The van der Waals surface area contributed by atoms with Crippen LogP contribution in [0.5, 0.6) is 0 Å². The van der Waals surface area contributed by atoms with Gasteiger partial charge in [0.1, 0.15) is 0 Å². The first kappa shape index (κ1) is 31.6. The molecule has 11 rings (SSSR count). The minimum Gasteiger partial charge on any atom is -0.228 e. The number of hydrogen-bond acceptors (Lipinski definition) is 3. The Hall–Kier alpha value is -6.94. The second-order valence-electron chi connectivity index (χ2n) is 14.1. The molecule has 0 atom stereocenters. The van der Waals surface area contributed by atoms with Crippen LogP contribution in [0.4, 0.5) is 0 Å². The topological polar surface area (TPSA) is 25.8 Å². The van der Waals surface area contributed by atoms with Crippen molar-refractivity contribution in [2.75, 3.05) is 0 Å². The molecule has 0 unspecified atom stereocenters. The van der Waals surface area contributed by atoms with Gasteiger partial charge in [-0.1, -0.05) is 176 Å². The van der Waals surface area contributed by atoms with E-state index in [2.05, 4.69) is 194 Å². The average Bonchev–Trinajstić information content (AvgIpc) is 3.66. The standard InChI is InChI=1S/C52H32N2S/c1-2-13-33(14-3-1)34-25-27-35(28-26-34)37-15-4-9-20-43(37)48-32-49(46-23-12-22-45-44-21-10-11-24-50(44)55-51(45)46)54-52(53-48)36-29-30-42-40-18-6-5-16-38(40)39-17-7-8-19-41(39)47(42)31-36/h1-32H. The fourth-order valence-corrected chi connectivity index (χ4v) is 9.50. The summed E-state index contributed by atoms with van der Waals surface area (Å²) in [5, 5.41) is 9.96. The third-order valence-electron chi connectivity index (χ3n) is 10.9. The van der Waals surface area contributed by atoms with Crippen molar-refractivity contribution in [2.24, 2.45) is 0 Å². The molecule has 0 fully saturated rings. The highest BCUT2D eigenvalue weighted by Crippen LogP contribution is 2.42. The lowest BCUT2D eigenvalue weighted by molar-refractivity contribution is 1.19. The lowest BCUT2D eigenvalue weighted by Gasteiger charge is -2.15. The van der Waals surface area contributed by atoms with Gasteiger partial charge < -0.3 is 0 Å². The molecule has 0 aliphatic heterocycles. The molecule has 2 aromatic heterocycles. The normalized spacial score (nSPS) is 11.6. The summed E-state index contributed by atoms with van der Waals surface area (Å²) in [6.07, 6.45) is 0. The van der Waals surface area contributed by atoms with E-state index in [4.69, 9.17) is 9.97 Å². The summed E-state index contributed by atoms with van der Waals surface area (Å²) in [7, 11) is 0. The molecule has 0 amide bonds. The smallest absolute Gasteiger partial charge is 0.160 e. The molecular formula is C52H32N2S. The van der Waals surface area contributed by atoms with Crippen LogP contribution in [0.15, 0.2) is 194 Å². The monoisotopic (exact) mass is 716 g/mol. The van der Waals surface area contributed by atoms with E-state index in [9.17, 15) is 0 Å². The second-order valence-corrected chi connectivity index (χ2v) is 15.1. The molecule has 3 heteroatoms. The van der Waals surface area contributed by atoms with Gasteiger partial charge in [0.15, 0.2) is 5.82 Å². The molecule has 11 aromatic rings. The Bertz CT molecular complexity index is 3220. The molecule has 0 spiro atoms. The summed E-state index contributed by atoms with van der Waals surface area (Å²) in [6, 6.07) is 69.7. The molecular weight excluding hydrogens is 685 g/mol.